The second-order valence-electron chi connectivity index (χ2n) is 7.15. The van der Waals surface area contributed by atoms with Crippen LogP contribution in [0.5, 0.6) is 5.75 Å². The van der Waals surface area contributed by atoms with Crippen LogP contribution in [0.15, 0.2) is 82.2 Å². The van der Waals surface area contributed by atoms with E-state index < -0.39 is 11.1 Å². The van der Waals surface area contributed by atoms with Gasteiger partial charge >= 0.3 is 0 Å². The van der Waals surface area contributed by atoms with Crippen molar-refractivity contribution in [2.75, 3.05) is 6.54 Å². The Morgan fingerprint density at radius 3 is 2.48 bits per heavy atom. The molecule has 0 aliphatic carbocycles. The minimum Gasteiger partial charge on any atom is -0.488 e. The van der Waals surface area contributed by atoms with E-state index in [0.29, 0.717) is 28.5 Å². The van der Waals surface area contributed by atoms with E-state index in [0.717, 1.165) is 26.7 Å². The largest absolute Gasteiger partial charge is 0.488 e. The Bertz CT molecular complexity index is 1250. The number of hydrogen-bond acceptors (Lipinski definition) is 5. The fourth-order valence-corrected chi connectivity index (χ4v) is 4.48. The molecular weight excluding hydrogens is 526 g/mol. The number of nitrogens with zero attached hydrogens (tertiary/aromatic N) is 1. The summed E-state index contributed by atoms with van der Waals surface area (Å²) >= 11 is 10.1. The van der Waals surface area contributed by atoms with E-state index in [9.17, 15) is 14.4 Å². The number of ether oxygens (including phenoxy) is 1. The van der Waals surface area contributed by atoms with Crippen molar-refractivity contribution in [3.05, 3.63) is 104 Å². The summed E-state index contributed by atoms with van der Waals surface area (Å²) in [5.41, 5.74) is 2.04. The zero-order valence-corrected chi connectivity index (χ0v) is 20.3. The SMILES string of the molecule is O=C(CN1C(=O)S/C(=C\c2cc(Br)ccc2OCc2ccccc2)C1=O)c1ccc(Cl)cc1. The Morgan fingerprint density at radius 1 is 1.03 bits per heavy atom. The molecule has 0 spiro atoms. The molecule has 0 saturated carbocycles. The summed E-state index contributed by atoms with van der Waals surface area (Å²) in [6, 6.07) is 21.5. The molecule has 2 amide bonds. The van der Waals surface area contributed by atoms with Crippen molar-refractivity contribution in [3.8, 4) is 5.75 Å². The highest BCUT2D eigenvalue weighted by molar-refractivity contribution is 9.10. The predicted molar refractivity (Wildman–Crippen MR) is 133 cm³/mol. The summed E-state index contributed by atoms with van der Waals surface area (Å²) in [7, 11) is 0. The van der Waals surface area contributed by atoms with Crippen molar-refractivity contribution in [2.45, 2.75) is 6.61 Å². The highest BCUT2D eigenvalue weighted by atomic mass is 79.9. The number of amides is 2. The van der Waals surface area contributed by atoms with Gasteiger partial charge in [0.25, 0.3) is 11.1 Å². The summed E-state index contributed by atoms with van der Waals surface area (Å²) < 4.78 is 6.76. The highest BCUT2D eigenvalue weighted by Crippen LogP contribution is 2.35. The zero-order chi connectivity index (χ0) is 23.4. The van der Waals surface area contributed by atoms with Crippen LogP contribution in [-0.2, 0) is 11.4 Å². The number of Topliss-reactive ketones (excluding diaryl/α,β-unsaturated/α-hetero) is 1. The van der Waals surface area contributed by atoms with Gasteiger partial charge in [-0.2, -0.15) is 0 Å². The molecule has 0 N–H and O–H groups in total. The maximum atomic E-state index is 12.9. The first-order chi connectivity index (χ1) is 15.9. The van der Waals surface area contributed by atoms with E-state index in [1.54, 1.807) is 36.4 Å². The lowest BCUT2D eigenvalue weighted by atomic mass is 10.1. The van der Waals surface area contributed by atoms with Crippen LogP contribution in [0.3, 0.4) is 0 Å². The molecule has 0 unspecified atom stereocenters. The van der Waals surface area contributed by atoms with E-state index in [1.807, 2.05) is 42.5 Å². The number of halogens is 2. The van der Waals surface area contributed by atoms with Crippen molar-refractivity contribution in [3.63, 3.8) is 0 Å². The van der Waals surface area contributed by atoms with Gasteiger partial charge in [-0.25, -0.2) is 0 Å². The van der Waals surface area contributed by atoms with Gasteiger partial charge in [0, 0.05) is 20.6 Å². The van der Waals surface area contributed by atoms with Crippen LogP contribution in [0, 0.1) is 0 Å². The summed E-state index contributed by atoms with van der Waals surface area (Å²) in [5.74, 6) is -0.281. The number of carbonyl (C=O) groups excluding carboxylic acids is 3. The van der Waals surface area contributed by atoms with Crippen LogP contribution in [0.25, 0.3) is 6.08 Å². The number of carbonyl (C=O) groups is 3. The Kier molecular flexibility index (Phi) is 7.33. The van der Waals surface area contributed by atoms with E-state index in [1.165, 1.54) is 0 Å². The fourth-order valence-electron chi connectivity index (χ4n) is 3.15. The van der Waals surface area contributed by atoms with Gasteiger partial charge in [-0.15, -0.1) is 0 Å². The highest BCUT2D eigenvalue weighted by Gasteiger charge is 2.36. The first-order valence-corrected chi connectivity index (χ1v) is 11.9. The maximum Gasteiger partial charge on any atom is 0.293 e. The van der Waals surface area contributed by atoms with Gasteiger partial charge in [0.05, 0.1) is 11.4 Å². The molecular formula is C25H17BrClNO4S. The minimum atomic E-state index is -0.513. The number of benzene rings is 3. The lowest BCUT2D eigenvalue weighted by Crippen LogP contribution is -2.33. The molecule has 1 aliphatic rings. The first kappa shape index (κ1) is 23.3. The smallest absolute Gasteiger partial charge is 0.293 e. The van der Waals surface area contributed by atoms with Crippen LogP contribution >= 0.6 is 39.3 Å². The van der Waals surface area contributed by atoms with E-state index in [-0.39, 0.29) is 17.2 Å². The van der Waals surface area contributed by atoms with Crippen LogP contribution in [0.1, 0.15) is 21.5 Å². The van der Waals surface area contributed by atoms with E-state index >= 15 is 0 Å². The average molecular weight is 543 g/mol. The quantitative estimate of drug-likeness (QED) is 0.249. The van der Waals surface area contributed by atoms with Gasteiger partial charge in [-0.1, -0.05) is 57.9 Å². The monoisotopic (exact) mass is 541 g/mol. The van der Waals surface area contributed by atoms with Gasteiger partial charge in [-0.05, 0) is 65.9 Å². The van der Waals surface area contributed by atoms with E-state index in [2.05, 4.69) is 15.9 Å². The predicted octanol–water partition coefficient (Wildman–Crippen LogP) is 6.60. The normalized spacial score (nSPS) is 14.7. The van der Waals surface area contributed by atoms with Crippen LogP contribution in [0.4, 0.5) is 4.79 Å². The van der Waals surface area contributed by atoms with Crippen LogP contribution in [0.2, 0.25) is 5.02 Å². The first-order valence-electron chi connectivity index (χ1n) is 9.91. The Balaban J connectivity index is 1.52. The second kappa shape index (κ2) is 10.4. The number of hydrogen-bond donors (Lipinski definition) is 0. The molecule has 0 atom stereocenters. The van der Waals surface area contributed by atoms with Gasteiger partial charge in [0.15, 0.2) is 5.78 Å². The number of rotatable bonds is 7. The molecule has 0 aromatic heterocycles. The summed E-state index contributed by atoms with van der Waals surface area (Å²) in [6.45, 7) is 0.0277. The molecule has 1 saturated heterocycles. The standard InChI is InChI=1S/C25H17BrClNO4S/c26-19-8-11-22(32-15-16-4-2-1-3-5-16)18(12-19)13-23-24(30)28(25(31)33-23)14-21(29)17-6-9-20(27)10-7-17/h1-13H,14-15H2/b23-13-. The van der Waals surface area contributed by atoms with Crippen LogP contribution < -0.4 is 4.74 Å². The molecule has 3 aromatic rings. The molecule has 1 aliphatic heterocycles. The molecule has 1 fully saturated rings. The average Bonchev–Trinajstić information content (AvgIpc) is 3.07. The van der Waals surface area contributed by atoms with Crippen molar-refractivity contribution < 1.29 is 19.1 Å². The summed E-state index contributed by atoms with van der Waals surface area (Å²) in [4.78, 5) is 39.1. The molecule has 5 nitrogen and oxygen atoms in total. The van der Waals surface area contributed by atoms with Crippen molar-refractivity contribution >= 4 is 62.3 Å². The summed E-state index contributed by atoms with van der Waals surface area (Å²) in [5, 5.41) is 0.00951. The topological polar surface area (TPSA) is 63.7 Å². The minimum absolute atomic E-state index is 0.228. The maximum absolute atomic E-state index is 12.9. The lowest BCUT2D eigenvalue weighted by Gasteiger charge is -2.12. The Labute approximate surface area is 208 Å². The molecule has 166 valence electrons. The molecule has 33 heavy (non-hydrogen) atoms. The fraction of sp³-hybridized carbons (Fsp3) is 0.0800. The van der Waals surface area contributed by atoms with Crippen molar-refractivity contribution in [1.82, 2.24) is 4.90 Å². The molecule has 0 bridgehead atoms. The Hall–Kier alpha value is -2.87. The number of ketones is 1. The van der Waals surface area contributed by atoms with Gasteiger partial charge in [0.1, 0.15) is 12.4 Å². The zero-order valence-electron chi connectivity index (χ0n) is 17.2. The van der Waals surface area contributed by atoms with Crippen molar-refractivity contribution in [2.24, 2.45) is 0 Å². The third-order valence-electron chi connectivity index (χ3n) is 4.84. The summed E-state index contributed by atoms with van der Waals surface area (Å²) in [6.07, 6.45) is 1.61. The molecule has 1 heterocycles. The molecule has 4 rings (SSSR count). The van der Waals surface area contributed by atoms with Gasteiger partial charge < -0.3 is 4.74 Å². The third kappa shape index (κ3) is 5.74. The van der Waals surface area contributed by atoms with Crippen molar-refractivity contribution in [1.29, 1.82) is 0 Å². The number of thioether (sulfide) groups is 1. The molecule has 3 aromatic carbocycles. The molecule has 0 radical (unpaired) electrons. The van der Waals surface area contributed by atoms with Gasteiger partial charge in [0.2, 0.25) is 0 Å². The van der Waals surface area contributed by atoms with E-state index in [4.69, 9.17) is 16.3 Å². The van der Waals surface area contributed by atoms with Gasteiger partial charge in [-0.3, -0.25) is 19.3 Å². The second-order valence-corrected chi connectivity index (χ2v) is 9.50. The molecule has 8 heteroatoms. The number of imide groups is 1. The lowest BCUT2D eigenvalue weighted by molar-refractivity contribution is -0.122. The third-order valence-corrected chi connectivity index (χ3v) is 6.49. The Morgan fingerprint density at radius 2 is 1.76 bits per heavy atom. The van der Waals surface area contributed by atoms with Crippen LogP contribution in [-0.4, -0.2) is 28.4 Å².